The number of thiol groups is 1. The first kappa shape index (κ1) is 24.7. The molecule has 0 aliphatic carbocycles. The number of hydrogen-bond acceptors (Lipinski definition) is 8. The van der Waals surface area contributed by atoms with Crippen molar-refractivity contribution in [2.75, 3.05) is 18.9 Å². The predicted octanol–water partition coefficient (Wildman–Crippen LogP) is -3.53. The standard InChI is InChI=1S/C16H27N5O7S/c17-12(23)4-3-9(16(27)28)19-14(25)10(6-22)20-15(26)11(7-29)21-13(24)8-2-1-5-18-8/h8-11,18,22,29H,1-7H2,(H2,17,23)(H,19,25)(H,20,26)(H,21,24)(H,27,28). The third kappa shape index (κ3) is 8.25. The fraction of sp³-hybridized carbons (Fsp3) is 0.688. The molecule has 1 aliphatic heterocycles. The Bertz CT molecular complexity index is 627. The van der Waals surface area contributed by atoms with E-state index in [1.54, 1.807) is 0 Å². The summed E-state index contributed by atoms with van der Waals surface area (Å²) in [5.41, 5.74) is 4.97. The summed E-state index contributed by atoms with van der Waals surface area (Å²) in [4.78, 5) is 58.8. The molecule has 1 heterocycles. The Hall–Kier alpha value is -2.38. The van der Waals surface area contributed by atoms with Crippen molar-refractivity contribution in [2.45, 2.75) is 49.9 Å². The maximum atomic E-state index is 12.4. The number of nitrogens with one attached hydrogen (secondary N) is 4. The van der Waals surface area contributed by atoms with E-state index in [9.17, 15) is 29.1 Å². The van der Waals surface area contributed by atoms with E-state index >= 15 is 0 Å². The van der Waals surface area contributed by atoms with Gasteiger partial charge in [0, 0.05) is 12.2 Å². The number of aliphatic carboxylic acids is 1. The van der Waals surface area contributed by atoms with Gasteiger partial charge in [0.15, 0.2) is 0 Å². The van der Waals surface area contributed by atoms with E-state index in [0.29, 0.717) is 13.0 Å². The lowest BCUT2D eigenvalue weighted by Gasteiger charge is -2.23. The van der Waals surface area contributed by atoms with Crippen LogP contribution < -0.4 is 27.0 Å². The van der Waals surface area contributed by atoms with Crippen molar-refractivity contribution >= 4 is 42.2 Å². The number of aliphatic hydroxyl groups excluding tert-OH is 1. The molecule has 0 aromatic carbocycles. The van der Waals surface area contributed by atoms with Crippen LogP contribution in [0.1, 0.15) is 25.7 Å². The largest absolute Gasteiger partial charge is 0.480 e. The zero-order valence-electron chi connectivity index (χ0n) is 15.7. The highest BCUT2D eigenvalue weighted by molar-refractivity contribution is 7.80. The number of amides is 4. The van der Waals surface area contributed by atoms with Crippen molar-refractivity contribution in [2.24, 2.45) is 5.73 Å². The number of aliphatic hydroxyl groups is 1. The third-order valence-electron chi connectivity index (χ3n) is 4.30. The third-order valence-corrected chi connectivity index (χ3v) is 4.67. The summed E-state index contributed by atoms with van der Waals surface area (Å²) in [5.74, 6) is -4.28. The molecule has 12 nitrogen and oxygen atoms in total. The molecule has 0 saturated carbocycles. The molecule has 0 spiro atoms. The van der Waals surface area contributed by atoms with Crippen molar-refractivity contribution in [3.8, 4) is 0 Å². The van der Waals surface area contributed by atoms with Crippen molar-refractivity contribution in [3.05, 3.63) is 0 Å². The van der Waals surface area contributed by atoms with Gasteiger partial charge in [-0.3, -0.25) is 19.2 Å². The SMILES string of the molecule is NC(=O)CCC(NC(=O)C(CO)NC(=O)C(CS)NC(=O)C1CCCN1)C(=O)O. The Kier molecular flexibility index (Phi) is 10.4. The Labute approximate surface area is 172 Å². The zero-order valence-corrected chi connectivity index (χ0v) is 16.6. The van der Waals surface area contributed by atoms with E-state index in [1.165, 1.54) is 0 Å². The van der Waals surface area contributed by atoms with Crippen LogP contribution in [0.2, 0.25) is 0 Å². The number of rotatable bonds is 12. The zero-order chi connectivity index (χ0) is 22.0. The van der Waals surface area contributed by atoms with Crippen LogP contribution in [0.4, 0.5) is 0 Å². The molecule has 29 heavy (non-hydrogen) atoms. The van der Waals surface area contributed by atoms with E-state index in [-0.39, 0.29) is 24.5 Å². The van der Waals surface area contributed by atoms with Crippen LogP contribution in [0, 0.1) is 0 Å². The highest BCUT2D eigenvalue weighted by atomic mass is 32.1. The summed E-state index contributed by atoms with van der Waals surface area (Å²) in [7, 11) is 0. The van der Waals surface area contributed by atoms with E-state index in [4.69, 9.17) is 10.8 Å². The molecular formula is C16H27N5O7S. The molecule has 164 valence electrons. The van der Waals surface area contributed by atoms with Gasteiger partial charge < -0.3 is 37.2 Å². The normalized spacial score (nSPS) is 18.9. The van der Waals surface area contributed by atoms with Gasteiger partial charge in [-0.1, -0.05) is 0 Å². The second kappa shape index (κ2) is 12.2. The summed E-state index contributed by atoms with van der Waals surface area (Å²) in [6.07, 6.45) is 0.960. The second-order valence-corrected chi connectivity index (χ2v) is 6.91. The molecule has 1 fully saturated rings. The first-order valence-corrected chi connectivity index (χ1v) is 9.70. The van der Waals surface area contributed by atoms with Crippen molar-refractivity contribution < 1.29 is 34.2 Å². The molecule has 1 saturated heterocycles. The quantitative estimate of drug-likeness (QED) is 0.145. The van der Waals surface area contributed by atoms with E-state index in [0.717, 1.165) is 6.42 Å². The molecule has 1 aliphatic rings. The highest BCUT2D eigenvalue weighted by Crippen LogP contribution is 2.05. The van der Waals surface area contributed by atoms with Crippen LogP contribution in [0.5, 0.6) is 0 Å². The molecule has 0 aromatic rings. The van der Waals surface area contributed by atoms with Gasteiger partial charge in [0.2, 0.25) is 23.6 Å². The summed E-state index contributed by atoms with van der Waals surface area (Å²) in [6.45, 7) is -0.111. The van der Waals surface area contributed by atoms with E-state index in [1.807, 2.05) is 0 Å². The summed E-state index contributed by atoms with van der Waals surface area (Å²) in [5, 5.41) is 28.4. The molecule has 1 rings (SSSR count). The number of carbonyl (C=O) groups is 5. The van der Waals surface area contributed by atoms with Crippen LogP contribution in [0.25, 0.3) is 0 Å². The van der Waals surface area contributed by atoms with Crippen LogP contribution in [0.3, 0.4) is 0 Å². The van der Waals surface area contributed by atoms with Crippen LogP contribution in [0.15, 0.2) is 0 Å². The van der Waals surface area contributed by atoms with Gasteiger partial charge in [-0.25, -0.2) is 4.79 Å². The molecule has 4 atom stereocenters. The van der Waals surface area contributed by atoms with Gasteiger partial charge in [-0.05, 0) is 25.8 Å². The molecule has 4 amide bonds. The second-order valence-electron chi connectivity index (χ2n) is 6.54. The lowest BCUT2D eigenvalue weighted by Crippen LogP contribution is -2.58. The topological polar surface area (TPSA) is 200 Å². The average Bonchev–Trinajstić information content (AvgIpc) is 3.21. The number of carboxylic acids is 1. The Morgan fingerprint density at radius 2 is 1.69 bits per heavy atom. The van der Waals surface area contributed by atoms with E-state index in [2.05, 4.69) is 33.9 Å². The highest BCUT2D eigenvalue weighted by Gasteiger charge is 2.30. The lowest BCUT2D eigenvalue weighted by atomic mass is 10.1. The van der Waals surface area contributed by atoms with Crippen LogP contribution >= 0.6 is 12.6 Å². The van der Waals surface area contributed by atoms with Gasteiger partial charge in [0.1, 0.15) is 18.1 Å². The Balaban J connectivity index is 2.66. The van der Waals surface area contributed by atoms with Crippen molar-refractivity contribution in [1.29, 1.82) is 0 Å². The number of carbonyl (C=O) groups excluding carboxylic acids is 4. The monoisotopic (exact) mass is 433 g/mol. The molecule has 4 unspecified atom stereocenters. The summed E-state index contributed by atoms with van der Waals surface area (Å²) in [6, 6.07) is -4.35. The molecule has 8 N–H and O–H groups in total. The van der Waals surface area contributed by atoms with Crippen LogP contribution in [-0.2, 0) is 24.0 Å². The fourth-order valence-electron chi connectivity index (χ4n) is 2.66. The van der Waals surface area contributed by atoms with Gasteiger partial charge >= 0.3 is 5.97 Å². The van der Waals surface area contributed by atoms with Crippen LogP contribution in [-0.4, -0.2) is 82.9 Å². The fourth-order valence-corrected chi connectivity index (χ4v) is 2.91. The smallest absolute Gasteiger partial charge is 0.326 e. The molecule has 0 radical (unpaired) electrons. The minimum Gasteiger partial charge on any atom is -0.480 e. The lowest BCUT2D eigenvalue weighted by molar-refractivity contribution is -0.143. The number of carboxylic acid groups (broad SMARTS) is 1. The molecule has 13 heteroatoms. The van der Waals surface area contributed by atoms with Crippen molar-refractivity contribution in [1.82, 2.24) is 21.3 Å². The maximum absolute atomic E-state index is 12.4. The number of hydrogen-bond donors (Lipinski definition) is 8. The number of nitrogens with two attached hydrogens (primary N) is 1. The van der Waals surface area contributed by atoms with E-state index < -0.39 is 54.5 Å². The predicted molar refractivity (Wildman–Crippen MR) is 104 cm³/mol. The molecule has 0 bridgehead atoms. The number of primary amides is 1. The molecule has 0 aromatic heterocycles. The Morgan fingerprint density at radius 3 is 2.17 bits per heavy atom. The molecular weight excluding hydrogens is 406 g/mol. The van der Waals surface area contributed by atoms with Crippen molar-refractivity contribution in [3.63, 3.8) is 0 Å². The van der Waals surface area contributed by atoms with Gasteiger partial charge in [0.05, 0.1) is 12.6 Å². The minimum atomic E-state index is -1.46. The summed E-state index contributed by atoms with van der Waals surface area (Å²) >= 11 is 4.02. The first-order chi connectivity index (χ1) is 13.7. The summed E-state index contributed by atoms with van der Waals surface area (Å²) < 4.78 is 0. The Morgan fingerprint density at radius 1 is 1.07 bits per heavy atom. The van der Waals surface area contributed by atoms with Gasteiger partial charge in [-0.15, -0.1) is 0 Å². The average molecular weight is 433 g/mol. The van der Waals surface area contributed by atoms with Gasteiger partial charge in [-0.2, -0.15) is 12.6 Å². The maximum Gasteiger partial charge on any atom is 0.326 e. The van der Waals surface area contributed by atoms with Gasteiger partial charge in [0.25, 0.3) is 0 Å². The first-order valence-electron chi connectivity index (χ1n) is 9.06. The minimum absolute atomic E-state index is 0.0551.